The minimum Gasteiger partial charge on any atom is -0.347 e. The van der Waals surface area contributed by atoms with Gasteiger partial charge in [-0.25, -0.2) is 0 Å². The second-order valence-corrected chi connectivity index (χ2v) is 4.93. The van der Waals surface area contributed by atoms with E-state index in [1.807, 2.05) is 13.8 Å². The molecule has 0 spiro atoms. The smallest absolute Gasteiger partial charge is 0.163 e. The summed E-state index contributed by atoms with van der Waals surface area (Å²) in [6, 6.07) is 0. The van der Waals surface area contributed by atoms with Crippen LogP contribution in [0.2, 0.25) is 0 Å². The van der Waals surface area contributed by atoms with E-state index in [9.17, 15) is 0 Å². The molecule has 1 aliphatic heterocycles. The summed E-state index contributed by atoms with van der Waals surface area (Å²) in [5, 5.41) is 0. The van der Waals surface area contributed by atoms with Gasteiger partial charge in [-0.1, -0.05) is 13.8 Å². The van der Waals surface area contributed by atoms with Crippen LogP contribution >= 0.6 is 0 Å². The molecule has 0 saturated carbocycles. The van der Waals surface area contributed by atoms with Crippen molar-refractivity contribution < 1.29 is 9.47 Å². The van der Waals surface area contributed by atoms with E-state index in [2.05, 4.69) is 20.8 Å². The monoisotopic (exact) mass is 186 g/mol. The quantitative estimate of drug-likeness (QED) is 0.660. The van der Waals surface area contributed by atoms with Crippen LogP contribution in [-0.2, 0) is 9.47 Å². The number of hydrogen-bond donors (Lipinski definition) is 0. The van der Waals surface area contributed by atoms with Gasteiger partial charge in [0.25, 0.3) is 0 Å². The minimum absolute atomic E-state index is 0.326. The Morgan fingerprint density at radius 1 is 1.31 bits per heavy atom. The van der Waals surface area contributed by atoms with E-state index in [1.165, 1.54) is 0 Å². The maximum atomic E-state index is 5.83. The van der Waals surface area contributed by atoms with Crippen molar-refractivity contribution in [3.05, 3.63) is 0 Å². The molecule has 2 nitrogen and oxygen atoms in total. The third kappa shape index (κ3) is 3.65. The van der Waals surface area contributed by atoms with Crippen LogP contribution in [0.5, 0.6) is 0 Å². The number of rotatable bonds is 2. The van der Waals surface area contributed by atoms with Crippen molar-refractivity contribution in [2.75, 3.05) is 0 Å². The molecule has 1 heterocycles. The fraction of sp³-hybridized carbons (Fsp3) is 1.00. The summed E-state index contributed by atoms with van der Waals surface area (Å²) < 4.78 is 11.5. The van der Waals surface area contributed by atoms with Crippen LogP contribution in [0.4, 0.5) is 0 Å². The Morgan fingerprint density at radius 2 is 1.92 bits per heavy atom. The lowest BCUT2D eigenvalue weighted by molar-refractivity contribution is -0.297. The zero-order valence-electron chi connectivity index (χ0n) is 9.46. The van der Waals surface area contributed by atoms with Crippen LogP contribution in [-0.4, -0.2) is 18.0 Å². The van der Waals surface area contributed by atoms with Gasteiger partial charge in [0.2, 0.25) is 0 Å². The highest BCUT2D eigenvalue weighted by atomic mass is 16.7. The first-order chi connectivity index (χ1) is 5.89. The van der Waals surface area contributed by atoms with Gasteiger partial charge < -0.3 is 9.47 Å². The summed E-state index contributed by atoms with van der Waals surface area (Å²) in [7, 11) is 0. The van der Waals surface area contributed by atoms with Gasteiger partial charge in [0.05, 0.1) is 12.2 Å². The largest absolute Gasteiger partial charge is 0.347 e. The van der Waals surface area contributed by atoms with Crippen LogP contribution in [0.15, 0.2) is 0 Å². The topological polar surface area (TPSA) is 18.5 Å². The third-order valence-electron chi connectivity index (χ3n) is 2.26. The highest BCUT2D eigenvalue weighted by Crippen LogP contribution is 2.29. The summed E-state index contributed by atoms with van der Waals surface area (Å²) >= 11 is 0. The first-order valence-corrected chi connectivity index (χ1v) is 5.24. The highest BCUT2D eigenvalue weighted by Gasteiger charge is 2.33. The van der Waals surface area contributed by atoms with Crippen LogP contribution < -0.4 is 0 Å². The van der Waals surface area contributed by atoms with Gasteiger partial charge in [-0.3, -0.25) is 0 Å². The summed E-state index contributed by atoms with van der Waals surface area (Å²) in [5.74, 6) is 0.308. The molecule has 1 fully saturated rings. The summed E-state index contributed by atoms with van der Waals surface area (Å²) in [4.78, 5) is 0. The zero-order chi connectivity index (χ0) is 10.1. The minimum atomic E-state index is -0.392. The summed E-state index contributed by atoms with van der Waals surface area (Å²) in [6.07, 6.45) is 2.87. The third-order valence-corrected chi connectivity index (χ3v) is 2.26. The van der Waals surface area contributed by atoms with E-state index >= 15 is 0 Å². The van der Waals surface area contributed by atoms with Crippen LogP contribution in [0.1, 0.15) is 47.5 Å². The molecule has 0 unspecified atom stereocenters. The maximum absolute atomic E-state index is 5.83. The van der Waals surface area contributed by atoms with E-state index in [4.69, 9.17) is 9.47 Å². The molecule has 0 aliphatic carbocycles. The van der Waals surface area contributed by atoms with Crippen molar-refractivity contribution in [3.63, 3.8) is 0 Å². The molecule has 0 bridgehead atoms. The Labute approximate surface area is 81.6 Å². The van der Waals surface area contributed by atoms with Gasteiger partial charge in [0.15, 0.2) is 5.79 Å². The van der Waals surface area contributed by atoms with Crippen LogP contribution in [0.3, 0.4) is 0 Å². The molecule has 1 aliphatic rings. The van der Waals surface area contributed by atoms with Crippen molar-refractivity contribution in [1.29, 1.82) is 0 Å². The Morgan fingerprint density at radius 3 is 2.38 bits per heavy atom. The molecule has 0 aromatic rings. The van der Waals surface area contributed by atoms with E-state index in [-0.39, 0.29) is 0 Å². The highest BCUT2D eigenvalue weighted by molar-refractivity contribution is 4.74. The first kappa shape index (κ1) is 11.0. The lowest BCUT2D eigenvalue weighted by Crippen LogP contribution is -2.43. The Balaban J connectivity index is 2.48. The van der Waals surface area contributed by atoms with Gasteiger partial charge in [0, 0.05) is 0 Å². The van der Waals surface area contributed by atoms with E-state index in [1.54, 1.807) is 0 Å². The molecular weight excluding hydrogens is 164 g/mol. The first-order valence-electron chi connectivity index (χ1n) is 5.24. The van der Waals surface area contributed by atoms with Gasteiger partial charge in [-0.05, 0) is 39.5 Å². The van der Waals surface area contributed by atoms with Crippen molar-refractivity contribution in [2.24, 2.45) is 5.92 Å². The fourth-order valence-corrected chi connectivity index (χ4v) is 2.05. The average Bonchev–Trinajstić information content (AvgIpc) is 1.78. The van der Waals surface area contributed by atoms with Crippen LogP contribution in [0, 0.1) is 5.92 Å². The Kier molecular flexibility index (Phi) is 3.36. The molecule has 78 valence electrons. The molecule has 2 heteroatoms. The molecule has 0 radical (unpaired) electrons. The van der Waals surface area contributed by atoms with Crippen molar-refractivity contribution >= 4 is 0 Å². The zero-order valence-corrected chi connectivity index (χ0v) is 9.46. The summed E-state index contributed by atoms with van der Waals surface area (Å²) in [6.45, 7) is 10.6. The summed E-state index contributed by atoms with van der Waals surface area (Å²) in [5.41, 5.74) is 0. The molecular formula is C11H22O2. The number of ether oxygens (including phenoxy) is 2. The average molecular weight is 186 g/mol. The standard InChI is InChI=1S/C11H22O2/c1-8(2)6-10-7-9(3)12-11(4,5)13-10/h8-10H,6-7H2,1-5H3/t9-,10+/m1/s1. The molecule has 0 amide bonds. The second kappa shape index (κ2) is 3.97. The van der Waals surface area contributed by atoms with Gasteiger partial charge >= 0.3 is 0 Å². The predicted octanol–water partition coefficient (Wildman–Crippen LogP) is 2.96. The van der Waals surface area contributed by atoms with Gasteiger partial charge in [-0.2, -0.15) is 0 Å². The molecule has 13 heavy (non-hydrogen) atoms. The number of hydrogen-bond acceptors (Lipinski definition) is 2. The van der Waals surface area contributed by atoms with E-state index < -0.39 is 5.79 Å². The molecule has 0 N–H and O–H groups in total. The molecule has 1 rings (SSSR count). The van der Waals surface area contributed by atoms with Crippen molar-refractivity contribution in [1.82, 2.24) is 0 Å². The Bertz CT molecular complexity index is 161. The van der Waals surface area contributed by atoms with Gasteiger partial charge in [-0.15, -0.1) is 0 Å². The normalized spacial score (nSPS) is 33.7. The lowest BCUT2D eigenvalue weighted by Gasteiger charge is -2.40. The fourth-order valence-electron chi connectivity index (χ4n) is 2.05. The molecule has 1 saturated heterocycles. The van der Waals surface area contributed by atoms with Crippen molar-refractivity contribution in [3.8, 4) is 0 Å². The molecule has 0 aromatic heterocycles. The SMILES string of the molecule is CC(C)C[C@H]1C[C@@H](C)OC(C)(C)O1. The Hall–Kier alpha value is -0.0800. The predicted molar refractivity (Wildman–Crippen MR) is 53.6 cm³/mol. The molecule has 2 atom stereocenters. The lowest BCUT2D eigenvalue weighted by atomic mass is 10.00. The van der Waals surface area contributed by atoms with E-state index in [0.717, 1.165) is 12.8 Å². The molecule has 0 aromatic carbocycles. The maximum Gasteiger partial charge on any atom is 0.163 e. The van der Waals surface area contributed by atoms with E-state index in [0.29, 0.717) is 18.1 Å². The van der Waals surface area contributed by atoms with Crippen LogP contribution in [0.25, 0.3) is 0 Å². The van der Waals surface area contributed by atoms with Gasteiger partial charge in [0.1, 0.15) is 0 Å². The second-order valence-electron chi connectivity index (χ2n) is 4.93. The van der Waals surface area contributed by atoms with Crippen molar-refractivity contribution in [2.45, 2.75) is 65.5 Å².